The van der Waals surface area contributed by atoms with Crippen molar-refractivity contribution < 1.29 is 23.2 Å². The minimum atomic E-state index is -4.01. The van der Waals surface area contributed by atoms with E-state index in [1.165, 1.54) is 6.92 Å². The summed E-state index contributed by atoms with van der Waals surface area (Å²) in [5.74, 6) is -0.295. The van der Waals surface area contributed by atoms with Crippen molar-refractivity contribution in [3.8, 4) is 0 Å². The highest BCUT2D eigenvalue weighted by molar-refractivity contribution is 7.89. The normalized spacial score (nSPS) is 17.0. The summed E-state index contributed by atoms with van der Waals surface area (Å²) in [5, 5.41) is 13.8. The quantitative estimate of drug-likeness (QED) is 0.515. The Hall–Kier alpha value is -2.26. The molecule has 1 fully saturated rings. The number of nitrogens with zero attached hydrogens (tertiary/aromatic N) is 1. The molecule has 0 saturated heterocycles. The van der Waals surface area contributed by atoms with Gasteiger partial charge in [-0.25, -0.2) is 8.42 Å². The summed E-state index contributed by atoms with van der Waals surface area (Å²) in [6, 6.07) is 15.3. The second-order valence-corrected chi connectivity index (χ2v) is 10.6. The van der Waals surface area contributed by atoms with Gasteiger partial charge < -0.3 is 10.4 Å². The van der Waals surface area contributed by atoms with E-state index in [0.29, 0.717) is 6.42 Å². The van der Waals surface area contributed by atoms with Crippen molar-refractivity contribution in [2.75, 3.05) is 6.54 Å². The van der Waals surface area contributed by atoms with Gasteiger partial charge in [0.15, 0.2) is 0 Å². The predicted molar refractivity (Wildman–Crippen MR) is 127 cm³/mol. The van der Waals surface area contributed by atoms with Crippen LogP contribution in [0.1, 0.15) is 50.2 Å². The van der Waals surface area contributed by atoms with E-state index in [2.05, 4.69) is 5.32 Å². The molecular weight excluding hydrogens is 440 g/mol. The molecule has 0 bridgehead atoms. The Kier molecular flexibility index (Phi) is 9.02. The first-order valence-corrected chi connectivity index (χ1v) is 12.9. The molecule has 0 aromatic heterocycles. The molecule has 0 radical (unpaired) electrons. The van der Waals surface area contributed by atoms with Crippen molar-refractivity contribution in [2.45, 2.75) is 75.5 Å². The van der Waals surface area contributed by atoms with Crippen molar-refractivity contribution in [1.82, 2.24) is 9.79 Å². The van der Waals surface area contributed by atoms with Gasteiger partial charge in [0.25, 0.3) is 10.0 Å². The molecule has 0 spiro atoms. The number of rotatable bonds is 10. The molecule has 1 amide bonds. The number of aliphatic hydroxyl groups excluding tert-OH is 1. The molecule has 0 unspecified atom stereocenters. The maximum Gasteiger partial charge on any atom is 0.265 e. The fourth-order valence-corrected chi connectivity index (χ4v) is 5.35. The molecule has 33 heavy (non-hydrogen) atoms. The molecule has 1 aliphatic carbocycles. The second-order valence-electron chi connectivity index (χ2n) is 8.73. The van der Waals surface area contributed by atoms with Crippen LogP contribution in [0.25, 0.3) is 0 Å². The van der Waals surface area contributed by atoms with Crippen LogP contribution in [0, 0.1) is 6.92 Å². The summed E-state index contributed by atoms with van der Waals surface area (Å²) in [7, 11) is -4.01. The van der Waals surface area contributed by atoms with Gasteiger partial charge >= 0.3 is 0 Å². The third kappa shape index (κ3) is 7.37. The van der Waals surface area contributed by atoms with Gasteiger partial charge in [0.05, 0.1) is 29.7 Å². The SMILES string of the molecule is CC(=O)N[C@@H](Cc1ccccc1)[C@H](O)CN(OC1CCCCC1)S(=O)(=O)c1ccc(C)cc1. The fourth-order valence-electron chi connectivity index (χ4n) is 4.05. The topological polar surface area (TPSA) is 95.9 Å². The highest BCUT2D eigenvalue weighted by atomic mass is 32.2. The fraction of sp³-hybridized carbons (Fsp3) is 0.480. The lowest BCUT2D eigenvalue weighted by molar-refractivity contribution is -0.157. The Bertz CT molecular complexity index is 989. The lowest BCUT2D eigenvalue weighted by Crippen LogP contribution is -2.50. The average Bonchev–Trinajstić information content (AvgIpc) is 2.79. The molecule has 7 nitrogen and oxygen atoms in total. The van der Waals surface area contributed by atoms with Gasteiger partial charge in [-0.1, -0.05) is 71.8 Å². The summed E-state index contributed by atoms with van der Waals surface area (Å²) in [6.45, 7) is 2.98. The zero-order valence-corrected chi connectivity index (χ0v) is 20.1. The molecular formula is C25H34N2O5S. The Morgan fingerprint density at radius 2 is 1.73 bits per heavy atom. The van der Waals surface area contributed by atoms with Crippen LogP contribution in [0.5, 0.6) is 0 Å². The Morgan fingerprint density at radius 1 is 1.09 bits per heavy atom. The number of aliphatic hydroxyl groups is 1. The van der Waals surface area contributed by atoms with E-state index < -0.39 is 22.2 Å². The first-order valence-electron chi connectivity index (χ1n) is 11.5. The van der Waals surface area contributed by atoms with Crippen LogP contribution in [-0.2, 0) is 26.1 Å². The van der Waals surface area contributed by atoms with Gasteiger partial charge in [0, 0.05) is 6.92 Å². The third-order valence-corrected chi connectivity index (χ3v) is 7.53. The van der Waals surface area contributed by atoms with Crippen molar-refractivity contribution in [3.63, 3.8) is 0 Å². The Morgan fingerprint density at radius 3 is 2.33 bits per heavy atom. The van der Waals surface area contributed by atoms with Crippen LogP contribution >= 0.6 is 0 Å². The number of carbonyl (C=O) groups is 1. The monoisotopic (exact) mass is 474 g/mol. The number of hydrogen-bond donors (Lipinski definition) is 2. The van der Waals surface area contributed by atoms with Crippen LogP contribution in [-0.4, -0.2) is 48.7 Å². The minimum absolute atomic E-state index is 0.107. The van der Waals surface area contributed by atoms with E-state index in [1.54, 1.807) is 24.3 Å². The lowest BCUT2D eigenvalue weighted by Gasteiger charge is -2.32. The summed E-state index contributed by atoms with van der Waals surface area (Å²) in [5.41, 5.74) is 1.87. The van der Waals surface area contributed by atoms with E-state index in [4.69, 9.17) is 4.84 Å². The number of benzene rings is 2. The molecule has 180 valence electrons. The maximum atomic E-state index is 13.5. The summed E-state index contributed by atoms with van der Waals surface area (Å²) in [6.07, 6.45) is 3.59. The van der Waals surface area contributed by atoms with Crippen molar-refractivity contribution >= 4 is 15.9 Å². The first kappa shape index (κ1) is 25.4. The molecule has 1 aliphatic rings. The zero-order valence-electron chi connectivity index (χ0n) is 19.3. The van der Waals surface area contributed by atoms with Gasteiger partial charge in [-0.15, -0.1) is 0 Å². The van der Waals surface area contributed by atoms with E-state index >= 15 is 0 Å². The number of nitrogens with one attached hydrogen (secondary N) is 1. The van der Waals surface area contributed by atoms with Gasteiger partial charge in [0.2, 0.25) is 5.91 Å². The lowest BCUT2D eigenvalue weighted by atomic mass is 9.98. The molecule has 2 aromatic carbocycles. The molecule has 1 saturated carbocycles. The van der Waals surface area contributed by atoms with Crippen LogP contribution < -0.4 is 5.32 Å². The van der Waals surface area contributed by atoms with E-state index in [1.807, 2.05) is 37.3 Å². The predicted octanol–water partition coefficient (Wildman–Crippen LogP) is 3.36. The molecule has 3 rings (SSSR count). The standard InChI is InChI=1S/C25H34N2O5S/c1-19-13-15-23(16-14-19)33(30,31)27(32-22-11-7-4-8-12-22)18-25(29)24(26-20(2)28)17-21-9-5-3-6-10-21/h3,5-6,9-10,13-16,22,24-25,29H,4,7-8,11-12,17-18H2,1-2H3,(H,26,28)/t24-,25+/m0/s1. The third-order valence-electron chi connectivity index (χ3n) is 5.89. The highest BCUT2D eigenvalue weighted by Gasteiger charge is 2.33. The van der Waals surface area contributed by atoms with Crippen molar-refractivity contribution in [2.24, 2.45) is 0 Å². The number of hydroxylamine groups is 1. The molecule has 0 aliphatic heterocycles. The van der Waals surface area contributed by atoms with Crippen molar-refractivity contribution in [3.05, 3.63) is 65.7 Å². The zero-order chi connectivity index (χ0) is 23.8. The van der Waals surface area contributed by atoms with Crippen LogP contribution in [0.15, 0.2) is 59.5 Å². The number of amides is 1. The van der Waals surface area contributed by atoms with Gasteiger partial charge in [-0.3, -0.25) is 9.63 Å². The van der Waals surface area contributed by atoms with Crippen LogP contribution in [0.3, 0.4) is 0 Å². The van der Waals surface area contributed by atoms with E-state index in [0.717, 1.165) is 47.7 Å². The van der Waals surface area contributed by atoms with Gasteiger partial charge in [0.1, 0.15) is 0 Å². The summed E-state index contributed by atoms with van der Waals surface area (Å²) in [4.78, 5) is 17.9. The van der Waals surface area contributed by atoms with Crippen LogP contribution in [0.4, 0.5) is 0 Å². The molecule has 8 heteroatoms. The Balaban J connectivity index is 1.84. The number of carbonyl (C=O) groups excluding carboxylic acids is 1. The summed E-state index contributed by atoms with van der Waals surface area (Å²) >= 11 is 0. The van der Waals surface area contributed by atoms with E-state index in [-0.39, 0.29) is 23.5 Å². The smallest absolute Gasteiger partial charge is 0.265 e. The summed E-state index contributed by atoms with van der Waals surface area (Å²) < 4.78 is 27.8. The average molecular weight is 475 g/mol. The molecule has 0 heterocycles. The molecule has 2 aromatic rings. The second kappa shape index (κ2) is 11.7. The number of aryl methyl sites for hydroxylation is 1. The number of hydrogen-bond acceptors (Lipinski definition) is 5. The number of sulfonamides is 1. The minimum Gasteiger partial charge on any atom is -0.389 e. The maximum absolute atomic E-state index is 13.5. The molecule has 2 atom stereocenters. The van der Waals surface area contributed by atoms with E-state index in [9.17, 15) is 18.3 Å². The largest absolute Gasteiger partial charge is 0.389 e. The van der Waals surface area contributed by atoms with Crippen LogP contribution in [0.2, 0.25) is 0 Å². The first-order chi connectivity index (χ1) is 15.8. The van der Waals surface area contributed by atoms with Gasteiger partial charge in [-0.05, 0) is 43.9 Å². The molecule has 2 N–H and O–H groups in total. The van der Waals surface area contributed by atoms with Crippen molar-refractivity contribution in [1.29, 1.82) is 0 Å². The highest BCUT2D eigenvalue weighted by Crippen LogP contribution is 2.25. The Labute approximate surface area is 196 Å². The van der Waals surface area contributed by atoms with Gasteiger partial charge in [-0.2, -0.15) is 0 Å².